The van der Waals surface area contributed by atoms with Gasteiger partial charge in [0, 0.05) is 13.1 Å². The highest BCUT2D eigenvalue weighted by Gasteiger charge is 2.45. The van der Waals surface area contributed by atoms with E-state index in [-0.39, 0.29) is 5.41 Å². The lowest BCUT2D eigenvalue weighted by molar-refractivity contribution is -0.192. The van der Waals surface area contributed by atoms with Crippen molar-refractivity contribution in [2.45, 2.75) is 32.4 Å². The SMILES string of the molecule is CC1(CNCC(C(=O)O)C(F)(F)F)CCC1. The number of carbonyl (C=O) groups is 1. The summed E-state index contributed by atoms with van der Waals surface area (Å²) in [5, 5.41) is 11.1. The molecule has 1 saturated carbocycles. The van der Waals surface area contributed by atoms with E-state index in [9.17, 15) is 18.0 Å². The molecule has 1 fully saturated rings. The van der Waals surface area contributed by atoms with E-state index in [0.717, 1.165) is 19.3 Å². The highest BCUT2D eigenvalue weighted by molar-refractivity contribution is 5.71. The van der Waals surface area contributed by atoms with Gasteiger partial charge in [-0.1, -0.05) is 13.3 Å². The number of hydrogen-bond acceptors (Lipinski definition) is 2. The van der Waals surface area contributed by atoms with E-state index in [2.05, 4.69) is 5.32 Å². The summed E-state index contributed by atoms with van der Waals surface area (Å²) in [7, 11) is 0. The largest absolute Gasteiger partial charge is 0.481 e. The fourth-order valence-electron chi connectivity index (χ4n) is 1.82. The molecule has 0 aromatic rings. The molecule has 1 aliphatic carbocycles. The van der Waals surface area contributed by atoms with Crippen LogP contribution in [-0.2, 0) is 4.79 Å². The Kier molecular flexibility index (Phi) is 3.83. The number of hydrogen-bond donors (Lipinski definition) is 2. The maximum absolute atomic E-state index is 12.3. The summed E-state index contributed by atoms with van der Waals surface area (Å²) in [5.41, 5.74) is 0.0502. The Labute approximate surface area is 92.0 Å². The van der Waals surface area contributed by atoms with Gasteiger partial charge in [0.1, 0.15) is 0 Å². The van der Waals surface area contributed by atoms with Gasteiger partial charge in [0.2, 0.25) is 0 Å². The van der Waals surface area contributed by atoms with Crippen molar-refractivity contribution in [3.63, 3.8) is 0 Å². The zero-order valence-electron chi connectivity index (χ0n) is 9.10. The first kappa shape index (κ1) is 13.3. The molecule has 0 bridgehead atoms. The molecule has 0 aromatic carbocycles. The van der Waals surface area contributed by atoms with Crippen LogP contribution in [0.4, 0.5) is 13.2 Å². The summed E-state index contributed by atoms with van der Waals surface area (Å²) >= 11 is 0. The van der Waals surface area contributed by atoms with Gasteiger partial charge in [-0.2, -0.15) is 13.2 Å². The fourth-order valence-corrected chi connectivity index (χ4v) is 1.82. The second-order valence-corrected chi connectivity index (χ2v) is 4.73. The topological polar surface area (TPSA) is 49.3 Å². The van der Waals surface area contributed by atoms with Crippen LogP contribution in [0.2, 0.25) is 0 Å². The molecule has 16 heavy (non-hydrogen) atoms. The summed E-state index contributed by atoms with van der Waals surface area (Å²) < 4.78 is 36.8. The predicted octanol–water partition coefficient (Wildman–Crippen LogP) is 2.03. The van der Waals surface area contributed by atoms with Crippen LogP contribution < -0.4 is 5.32 Å². The number of alkyl halides is 3. The molecule has 0 amide bonds. The third kappa shape index (κ3) is 3.37. The van der Waals surface area contributed by atoms with E-state index in [1.54, 1.807) is 0 Å². The third-order valence-corrected chi connectivity index (χ3v) is 3.15. The molecule has 1 rings (SSSR count). The van der Waals surface area contributed by atoms with E-state index in [4.69, 9.17) is 5.11 Å². The van der Waals surface area contributed by atoms with Gasteiger partial charge >= 0.3 is 12.1 Å². The number of aliphatic carboxylic acids is 1. The quantitative estimate of drug-likeness (QED) is 0.771. The Morgan fingerprint density at radius 3 is 2.38 bits per heavy atom. The molecule has 0 spiro atoms. The number of nitrogens with one attached hydrogen (secondary N) is 1. The first-order valence-electron chi connectivity index (χ1n) is 5.25. The summed E-state index contributed by atoms with van der Waals surface area (Å²) in [4.78, 5) is 10.4. The lowest BCUT2D eigenvalue weighted by atomic mass is 9.70. The van der Waals surface area contributed by atoms with Gasteiger partial charge in [-0.05, 0) is 18.3 Å². The Morgan fingerprint density at radius 2 is 2.06 bits per heavy atom. The molecule has 94 valence electrons. The molecule has 1 atom stereocenters. The molecule has 0 aliphatic heterocycles. The van der Waals surface area contributed by atoms with Gasteiger partial charge in [0.25, 0.3) is 0 Å². The molecule has 1 aliphatic rings. The Bertz CT molecular complexity index is 261. The van der Waals surface area contributed by atoms with Crippen LogP contribution in [0, 0.1) is 11.3 Å². The lowest BCUT2D eigenvalue weighted by Gasteiger charge is -2.38. The van der Waals surface area contributed by atoms with Gasteiger partial charge in [0.15, 0.2) is 5.92 Å². The average molecular weight is 239 g/mol. The molecule has 0 heterocycles. The van der Waals surface area contributed by atoms with Crippen LogP contribution in [0.25, 0.3) is 0 Å². The van der Waals surface area contributed by atoms with Crippen molar-refractivity contribution in [3.05, 3.63) is 0 Å². The van der Waals surface area contributed by atoms with Crippen LogP contribution in [0.1, 0.15) is 26.2 Å². The van der Waals surface area contributed by atoms with Crippen molar-refractivity contribution in [1.29, 1.82) is 0 Å². The maximum Gasteiger partial charge on any atom is 0.403 e. The van der Waals surface area contributed by atoms with Crippen LogP contribution in [0.15, 0.2) is 0 Å². The highest BCUT2D eigenvalue weighted by atomic mass is 19.4. The maximum atomic E-state index is 12.3. The molecular formula is C10H16F3NO2. The van der Waals surface area contributed by atoms with E-state index in [1.807, 2.05) is 6.92 Å². The average Bonchev–Trinajstić information content (AvgIpc) is 2.06. The van der Waals surface area contributed by atoms with Crippen molar-refractivity contribution >= 4 is 5.97 Å². The van der Waals surface area contributed by atoms with Crippen LogP contribution >= 0.6 is 0 Å². The molecule has 0 radical (unpaired) electrons. The Hall–Kier alpha value is -0.780. The minimum atomic E-state index is -4.68. The fraction of sp³-hybridized carbons (Fsp3) is 0.900. The number of carboxylic acids is 1. The van der Waals surface area contributed by atoms with Gasteiger partial charge in [0.05, 0.1) is 0 Å². The van der Waals surface area contributed by atoms with Crippen molar-refractivity contribution in [2.75, 3.05) is 13.1 Å². The first-order chi connectivity index (χ1) is 7.25. The van der Waals surface area contributed by atoms with Crippen molar-refractivity contribution in [1.82, 2.24) is 5.32 Å². The zero-order valence-corrected chi connectivity index (χ0v) is 9.10. The van der Waals surface area contributed by atoms with E-state index in [0.29, 0.717) is 6.54 Å². The normalized spacial score (nSPS) is 21.2. The van der Waals surface area contributed by atoms with Crippen LogP contribution in [0.3, 0.4) is 0 Å². The van der Waals surface area contributed by atoms with Crippen molar-refractivity contribution in [3.8, 4) is 0 Å². The van der Waals surface area contributed by atoms with Gasteiger partial charge in [-0.25, -0.2) is 0 Å². The van der Waals surface area contributed by atoms with E-state index < -0.39 is 24.6 Å². The lowest BCUT2D eigenvalue weighted by Crippen LogP contribution is -2.44. The molecule has 0 saturated heterocycles. The zero-order chi connectivity index (χ0) is 12.4. The monoisotopic (exact) mass is 239 g/mol. The summed E-state index contributed by atoms with van der Waals surface area (Å²) in [5.74, 6) is -4.13. The molecule has 1 unspecified atom stereocenters. The van der Waals surface area contributed by atoms with Crippen LogP contribution in [-0.4, -0.2) is 30.3 Å². The molecule has 2 N–H and O–H groups in total. The molecular weight excluding hydrogens is 223 g/mol. The predicted molar refractivity (Wildman–Crippen MR) is 52.0 cm³/mol. The molecule has 3 nitrogen and oxygen atoms in total. The summed E-state index contributed by atoms with van der Waals surface area (Å²) in [6.45, 7) is 1.90. The van der Waals surface area contributed by atoms with Gasteiger partial charge in [-0.15, -0.1) is 0 Å². The Balaban J connectivity index is 2.36. The number of carboxylic acid groups (broad SMARTS) is 1. The molecule has 6 heteroatoms. The number of halogens is 3. The van der Waals surface area contributed by atoms with Gasteiger partial charge < -0.3 is 10.4 Å². The standard InChI is InChI=1S/C10H16F3NO2/c1-9(3-2-4-9)6-14-5-7(8(15)16)10(11,12)13/h7,14H,2-6H2,1H3,(H,15,16). The third-order valence-electron chi connectivity index (χ3n) is 3.15. The van der Waals surface area contributed by atoms with Gasteiger partial charge in [-0.3, -0.25) is 4.79 Å². The van der Waals surface area contributed by atoms with Crippen LogP contribution in [0.5, 0.6) is 0 Å². The summed E-state index contributed by atoms with van der Waals surface area (Å²) in [6.07, 6.45) is -1.60. The number of rotatable bonds is 5. The smallest absolute Gasteiger partial charge is 0.403 e. The van der Waals surface area contributed by atoms with E-state index >= 15 is 0 Å². The highest BCUT2D eigenvalue weighted by Crippen LogP contribution is 2.39. The Morgan fingerprint density at radius 1 is 1.50 bits per heavy atom. The second kappa shape index (κ2) is 4.61. The minimum absolute atomic E-state index is 0.0502. The molecule has 0 aromatic heterocycles. The summed E-state index contributed by atoms with van der Waals surface area (Å²) in [6, 6.07) is 0. The first-order valence-corrected chi connectivity index (χ1v) is 5.25. The van der Waals surface area contributed by atoms with Crippen molar-refractivity contribution < 1.29 is 23.1 Å². The minimum Gasteiger partial charge on any atom is -0.481 e. The van der Waals surface area contributed by atoms with Crippen molar-refractivity contribution in [2.24, 2.45) is 11.3 Å². The van der Waals surface area contributed by atoms with E-state index in [1.165, 1.54) is 0 Å². The second-order valence-electron chi connectivity index (χ2n) is 4.73.